The van der Waals surface area contributed by atoms with Gasteiger partial charge in [0.2, 0.25) is 5.13 Å². The van der Waals surface area contributed by atoms with Crippen LogP contribution < -0.4 is 0 Å². The molecule has 1 amide bonds. The van der Waals surface area contributed by atoms with Gasteiger partial charge in [0.1, 0.15) is 5.01 Å². The fourth-order valence-corrected chi connectivity index (χ4v) is 3.77. The van der Waals surface area contributed by atoms with E-state index >= 15 is 0 Å². The minimum Gasteiger partial charge on any atom is -0.478 e. The molecule has 1 aliphatic heterocycles. The van der Waals surface area contributed by atoms with Gasteiger partial charge >= 0.3 is 5.97 Å². The third kappa shape index (κ3) is 3.89. The maximum atomic E-state index is 12.7. The monoisotopic (exact) mass is 386 g/mol. The van der Waals surface area contributed by atoms with Gasteiger partial charge in [-0.25, -0.2) is 4.79 Å². The minimum absolute atomic E-state index is 0.183. The lowest BCUT2D eigenvalue weighted by Crippen LogP contribution is -2.29. The van der Waals surface area contributed by atoms with E-state index in [1.165, 1.54) is 40.1 Å². The van der Waals surface area contributed by atoms with E-state index in [-0.39, 0.29) is 11.5 Å². The maximum absolute atomic E-state index is 12.7. The molecular formula is C17H14N4O3S2. The zero-order chi connectivity index (χ0) is 18.7. The van der Waals surface area contributed by atoms with Gasteiger partial charge in [-0.1, -0.05) is 29.5 Å². The van der Waals surface area contributed by atoms with Crippen LogP contribution in [0.5, 0.6) is 0 Å². The first-order chi connectivity index (χ1) is 12.5. The Morgan fingerprint density at radius 1 is 1.35 bits per heavy atom. The standard InChI is InChI=1S/C17H14N4O3S2/c1-3-8-21-14(22)13(9-11-4-6-12(7-5-11)15(23)24)26-17(21)18-16-20-19-10(2)25-16/h3-7,9H,1,8H2,2H3,(H,23,24)/b13-9-,18-17?. The maximum Gasteiger partial charge on any atom is 0.335 e. The largest absolute Gasteiger partial charge is 0.478 e. The van der Waals surface area contributed by atoms with Crippen molar-refractivity contribution < 1.29 is 14.7 Å². The second-order valence-corrected chi connectivity index (χ2v) is 7.41. The van der Waals surface area contributed by atoms with Crippen molar-refractivity contribution in [3.05, 3.63) is 58.0 Å². The summed E-state index contributed by atoms with van der Waals surface area (Å²) in [5.74, 6) is -1.17. The molecule has 1 aromatic heterocycles. The van der Waals surface area contributed by atoms with E-state index in [0.717, 1.165) is 10.6 Å². The van der Waals surface area contributed by atoms with Crippen molar-refractivity contribution in [3.63, 3.8) is 0 Å². The summed E-state index contributed by atoms with van der Waals surface area (Å²) in [5.41, 5.74) is 0.928. The number of carboxylic acids is 1. The Balaban J connectivity index is 1.90. The average Bonchev–Trinajstić information content (AvgIpc) is 3.14. The molecule has 9 heteroatoms. The van der Waals surface area contributed by atoms with E-state index in [0.29, 0.717) is 21.7 Å². The highest BCUT2D eigenvalue weighted by atomic mass is 32.2. The van der Waals surface area contributed by atoms with Gasteiger partial charge in [-0.3, -0.25) is 9.69 Å². The molecule has 0 saturated carbocycles. The number of carbonyl (C=O) groups is 2. The molecule has 0 bridgehead atoms. The minimum atomic E-state index is -0.991. The number of amides is 1. The second kappa shape index (κ2) is 7.63. The Morgan fingerprint density at radius 2 is 2.08 bits per heavy atom. The zero-order valence-corrected chi connectivity index (χ0v) is 15.4. The molecular weight excluding hydrogens is 372 g/mol. The van der Waals surface area contributed by atoms with Crippen molar-refractivity contribution in [2.24, 2.45) is 4.99 Å². The zero-order valence-electron chi connectivity index (χ0n) is 13.7. The van der Waals surface area contributed by atoms with E-state index in [1.54, 1.807) is 24.3 Å². The van der Waals surface area contributed by atoms with Crippen LogP contribution in [0.1, 0.15) is 20.9 Å². The number of rotatable bonds is 5. The summed E-state index contributed by atoms with van der Waals surface area (Å²) in [7, 11) is 0. The summed E-state index contributed by atoms with van der Waals surface area (Å²) < 4.78 is 0. The fraction of sp³-hybridized carbons (Fsp3) is 0.118. The van der Waals surface area contributed by atoms with Gasteiger partial charge in [-0.2, -0.15) is 4.99 Å². The van der Waals surface area contributed by atoms with Gasteiger partial charge in [0.15, 0.2) is 5.17 Å². The van der Waals surface area contributed by atoms with Crippen LogP contribution in [0.25, 0.3) is 6.08 Å². The lowest BCUT2D eigenvalue weighted by atomic mass is 10.1. The van der Waals surface area contributed by atoms with Crippen LogP contribution in [0, 0.1) is 6.92 Å². The highest BCUT2D eigenvalue weighted by molar-refractivity contribution is 8.18. The quantitative estimate of drug-likeness (QED) is 0.625. The number of carbonyl (C=O) groups excluding carboxylic acids is 1. The summed E-state index contributed by atoms with van der Waals surface area (Å²) in [5, 5.41) is 18.6. The summed E-state index contributed by atoms with van der Waals surface area (Å²) in [6.45, 7) is 5.85. The number of amidine groups is 1. The van der Waals surface area contributed by atoms with Crippen LogP contribution in [-0.2, 0) is 4.79 Å². The molecule has 0 spiro atoms. The highest BCUT2D eigenvalue weighted by Gasteiger charge is 2.32. The summed E-state index contributed by atoms with van der Waals surface area (Å²) >= 11 is 2.58. The van der Waals surface area contributed by atoms with E-state index in [1.807, 2.05) is 6.92 Å². The van der Waals surface area contributed by atoms with Crippen molar-refractivity contribution in [1.82, 2.24) is 15.1 Å². The lowest BCUT2D eigenvalue weighted by molar-refractivity contribution is -0.121. The Hall–Kier alpha value is -2.78. The molecule has 0 radical (unpaired) electrons. The molecule has 1 aromatic carbocycles. The van der Waals surface area contributed by atoms with E-state index in [9.17, 15) is 9.59 Å². The summed E-state index contributed by atoms with van der Waals surface area (Å²) in [6.07, 6.45) is 3.34. The van der Waals surface area contributed by atoms with Crippen LogP contribution in [0.3, 0.4) is 0 Å². The summed E-state index contributed by atoms with van der Waals surface area (Å²) in [6, 6.07) is 6.31. The van der Waals surface area contributed by atoms with Gasteiger partial charge in [-0.05, 0) is 42.5 Å². The van der Waals surface area contributed by atoms with E-state index < -0.39 is 5.97 Å². The molecule has 2 aromatic rings. The number of hydrogen-bond acceptors (Lipinski definition) is 7. The smallest absolute Gasteiger partial charge is 0.335 e. The molecule has 1 saturated heterocycles. The van der Waals surface area contributed by atoms with E-state index in [4.69, 9.17) is 5.11 Å². The van der Waals surface area contributed by atoms with Crippen LogP contribution in [0.4, 0.5) is 5.13 Å². The Labute approximate surface area is 157 Å². The first-order valence-electron chi connectivity index (χ1n) is 7.52. The molecule has 1 fully saturated rings. The van der Waals surface area contributed by atoms with Crippen molar-refractivity contribution in [2.45, 2.75) is 6.92 Å². The van der Waals surface area contributed by atoms with Gasteiger partial charge in [-0.15, -0.1) is 16.8 Å². The van der Waals surface area contributed by atoms with Gasteiger partial charge in [0.25, 0.3) is 5.91 Å². The number of aromatic carboxylic acids is 1. The van der Waals surface area contributed by atoms with Gasteiger partial charge < -0.3 is 5.11 Å². The third-order valence-electron chi connectivity index (χ3n) is 3.36. The van der Waals surface area contributed by atoms with Crippen LogP contribution in [0.2, 0.25) is 0 Å². The molecule has 0 aliphatic carbocycles. The molecule has 1 aliphatic rings. The Bertz CT molecular complexity index is 932. The van der Waals surface area contributed by atoms with Crippen molar-refractivity contribution in [3.8, 4) is 0 Å². The lowest BCUT2D eigenvalue weighted by Gasteiger charge is -2.11. The SMILES string of the molecule is C=CCN1C(=O)/C(=C/c2ccc(C(=O)O)cc2)SC1=Nc1nnc(C)s1. The van der Waals surface area contributed by atoms with Gasteiger partial charge in [0, 0.05) is 6.54 Å². The normalized spacial score (nSPS) is 17.3. The number of hydrogen-bond donors (Lipinski definition) is 1. The Morgan fingerprint density at radius 3 is 2.65 bits per heavy atom. The first kappa shape index (κ1) is 18.0. The average molecular weight is 386 g/mol. The highest BCUT2D eigenvalue weighted by Crippen LogP contribution is 2.34. The number of aliphatic imine (C=N–C) groups is 1. The van der Waals surface area contributed by atoms with Crippen molar-refractivity contribution in [2.75, 3.05) is 6.54 Å². The fourth-order valence-electron chi connectivity index (χ4n) is 2.17. The number of aromatic nitrogens is 2. The van der Waals surface area contributed by atoms with Gasteiger partial charge in [0.05, 0.1) is 10.5 Å². The second-order valence-electron chi connectivity index (χ2n) is 5.24. The number of carboxylic acid groups (broad SMARTS) is 1. The Kier molecular flexibility index (Phi) is 5.29. The van der Waals surface area contributed by atoms with Crippen LogP contribution in [0.15, 0.2) is 46.8 Å². The predicted molar refractivity (Wildman–Crippen MR) is 103 cm³/mol. The van der Waals surface area contributed by atoms with Crippen LogP contribution in [-0.4, -0.2) is 43.8 Å². The molecule has 2 heterocycles. The number of thioether (sulfide) groups is 1. The molecule has 7 nitrogen and oxygen atoms in total. The van der Waals surface area contributed by atoms with Crippen molar-refractivity contribution >= 4 is 51.4 Å². The first-order valence-corrected chi connectivity index (χ1v) is 9.15. The van der Waals surface area contributed by atoms with Crippen molar-refractivity contribution in [1.29, 1.82) is 0 Å². The molecule has 0 atom stereocenters. The predicted octanol–water partition coefficient (Wildman–Crippen LogP) is 3.33. The molecule has 0 unspecified atom stereocenters. The topological polar surface area (TPSA) is 95.8 Å². The molecule has 3 rings (SSSR count). The number of nitrogens with zero attached hydrogens (tertiary/aromatic N) is 4. The molecule has 132 valence electrons. The molecule has 26 heavy (non-hydrogen) atoms. The van der Waals surface area contributed by atoms with Crippen LogP contribution >= 0.6 is 23.1 Å². The third-order valence-corrected chi connectivity index (χ3v) is 5.10. The number of aryl methyl sites for hydroxylation is 1. The summed E-state index contributed by atoms with van der Waals surface area (Å²) in [4.78, 5) is 30.0. The molecule has 1 N–H and O–H groups in total. The van der Waals surface area contributed by atoms with E-state index in [2.05, 4.69) is 21.8 Å². The number of benzene rings is 1.